The number of nitrogens with one attached hydrogen (secondary N) is 1. The lowest BCUT2D eigenvalue weighted by atomic mass is 10.0. The molecule has 1 heterocycles. The molecule has 1 aromatic rings. The molecule has 2 aliphatic rings. The summed E-state index contributed by atoms with van der Waals surface area (Å²) < 4.78 is 19.6. The first-order valence-electron chi connectivity index (χ1n) is 7.61. The first-order valence-corrected chi connectivity index (χ1v) is 8.59. The Labute approximate surface area is 124 Å². The highest BCUT2D eigenvalue weighted by Crippen LogP contribution is 2.37. The second-order valence-corrected chi connectivity index (χ2v) is 6.68. The molecule has 20 heavy (non-hydrogen) atoms. The Morgan fingerprint density at radius 2 is 2.10 bits per heavy atom. The molecule has 0 bridgehead atoms. The SMILES string of the molecule is Fc1cccc2c1SCCC2NCCOC1CCCC1. The van der Waals surface area contributed by atoms with E-state index in [2.05, 4.69) is 5.32 Å². The Balaban J connectivity index is 1.50. The molecule has 3 rings (SSSR count). The molecule has 1 fully saturated rings. The fraction of sp³-hybridized carbons (Fsp3) is 0.625. The predicted molar refractivity (Wildman–Crippen MR) is 80.7 cm³/mol. The van der Waals surface area contributed by atoms with Crippen LogP contribution in [0.3, 0.4) is 0 Å². The van der Waals surface area contributed by atoms with Gasteiger partial charge in [-0.3, -0.25) is 0 Å². The van der Waals surface area contributed by atoms with E-state index in [-0.39, 0.29) is 11.9 Å². The van der Waals surface area contributed by atoms with Crippen LogP contribution in [0.5, 0.6) is 0 Å². The number of hydrogen-bond acceptors (Lipinski definition) is 3. The fourth-order valence-corrected chi connectivity index (χ4v) is 4.25. The van der Waals surface area contributed by atoms with E-state index in [0.717, 1.165) is 35.8 Å². The zero-order chi connectivity index (χ0) is 13.8. The summed E-state index contributed by atoms with van der Waals surface area (Å²) in [7, 11) is 0. The molecule has 2 nitrogen and oxygen atoms in total. The van der Waals surface area contributed by atoms with E-state index >= 15 is 0 Å². The van der Waals surface area contributed by atoms with Gasteiger partial charge in [-0.15, -0.1) is 11.8 Å². The molecule has 0 saturated heterocycles. The third-order valence-corrected chi connectivity index (χ3v) is 5.33. The van der Waals surface area contributed by atoms with Crippen LogP contribution in [-0.2, 0) is 4.74 Å². The average Bonchev–Trinajstić information content (AvgIpc) is 2.98. The van der Waals surface area contributed by atoms with Crippen LogP contribution in [0.1, 0.15) is 43.7 Å². The van der Waals surface area contributed by atoms with Gasteiger partial charge in [0.2, 0.25) is 0 Å². The summed E-state index contributed by atoms with van der Waals surface area (Å²) >= 11 is 1.63. The Morgan fingerprint density at radius 3 is 2.95 bits per heavy atom. The third-order valence-electron chi connectivity index (χ3n) is 4.17. The number of fused-ring (bicyclic) bond motifs is 1. The first kappa shape index (κ1) is 14.4. The van der Waals surface area contributed by atoms with E-state index in [4.69, 9.17) is 4.74 Å². The second-order valence-electron chi connectivity index (χ2n) is 5.58. The van der Waals surface area contributed by atoms with Crippen molar-refractivity contribution in [2.45, 2.75) is 49.1 Å². The number of rotatable bonds is 5. The highest BCUT2D eigenvalue weighted by molar-refractivity contribution is 7.99. The van der Waals surface area contributed by atoms with Crippen LogP contribution in [0, 0.1) is 5.82 Å². The fourth-order valence-electron chi connectivity index (χ4n) is 3.11. The first-order chi connectivity index (χ1) is 9.84. The number of hydrogen-bond donors (Lipinski definition) is 1. The van der Waals surface area contributed by atoms with Crippen LogP contribution in [0.4, 0.5) is 4.39 Å². The lowest BCUT2D eigenvalue weighted by molar-refractivity contribution is 0.0590. The van der Waals surface area contributed by atoms with Gasteiger partial charge in [-0.1, -0.05) is 25.0 Å². The topological polar surface area (TPSA) is 21.3 Å². The smallest absolute Gasteiger partial charge is 0.137 e. The summed E-state index contributed by atoms with van der Waals surface area (Å²) in [5.41, 5.74) is 1.11. The molecular weight excluding hydrogens is 273 g/mol. The Morgan fingerprint density at radius 1 is 1.25 bits per heavy atom. The van der Waals surface area contributed by atoms with Crippen molar-refractivity contribution < 1.29 is 9.13 Å². The Bertz CT molecular complexity index is 448. The predicted octanol–water partition coefficient (Wildman–Crippen LogP) is 3.91. The molecule has 4 heteroatoms. The van der Waals surface area contributed by atoms with Crippen molar-refractivity contribution in [2.24, 2.45) is 0 Å². The zero-order valence-corrected chi connectivity index (χ0v) is 12.6. The molecule has 0 amide bonds. The van der Waals surface area contributed by atoms with Crippen molar-refractivity contribution in [3.05, 3.63) is 29.6 Å². The van der Waals surface area contributed by atoms with Gasteiger partial charge in [0.1, 0.15) is 5.82 Å². The van der Waals surface area contributed by atoms with E-state index in [1.807, 2.05) is 12.1 Å². The molecule has 110 valence electrons. The zero-order valence-electron chi connectivity index (χ0n) is 11.7. The molecule has 1 aromatic carbocycles. The number of thioether (sulfide) groups is 1. The van der Waals surface area contributed by atoms with Gasteiger partial charge in [-0.05, 0) is 36.6 Å². The van der Waals surface area contributed by atoms with Gasteiger partial charge in [-0.2, -0.15) is 0 Å². The maximum atomic E-state index is 13.8. The van der Waals surface area contributed by atoms with Crippen LogP contribution < -0.4 is 5.32 Å². The van der Waals surface area contributed by atoms with E-state index in [9.17, 15) is 4.39 Å². The minimum Gasteiger partial charge on any atom is -0.377 e. The lowest BCUT2D eigenvalue weighted by Gasteiger charge is -2.26. The molecule has 1 saturated carbocycles. The Kier molecular flexibility index (Phi) is 4.97. The number of halogens is 1. The molecule has 1 N–H and O–H groups in total. The summed E-state index contributed by atoms with van der Waals surface area (Å²) in [6, 6.07) is 5.68. The largest absolute Gasteiger partial charge is 0.377 e. The van der Waals surface area contributed by atoms with Crippen molar-refractivity contribution in [1.82, 2.24) is 5.32 Å². The van der Waals surface area contributed by atoms with E-state index in [1.54, 1.807) is 17.8 Å². The number of benzene rings is 1. The van der Waals surface area contributed by atoms with Gasteiger partial charge in [-0.25, -0.2) is 4.39 Å². The van der Waals surface area contributed by atoms with Crippen molar-refractivity contribution in [3.8, 4) is 0 Å². The minimum absolute atomic E-state index is 0.0822. The van der Waals surface area contributed by atoms with Crippen molar-refractivity contribution in [1.29, 1.82) is 0 Å². The molecule has 1 unspecified atom stereocenters. The van der Waals surface area contributed by atoms with Crippen LogP contribution in [0.15, 0.2) is 23.1 Å². The quantitative estimate of drug-likeness (QED) is 0.832. The van der Waals surface area contributed by atoms with Gasteiger partial charge in [0, 0.05) is 17.5 Å². The molecule has 1 aliphatic carbocycles. The van der Waals surface area contributed by atoms with Gasteiger partial charge in [0.15, 0.2) is 0 Å². The standard InChI is InChI=1S/C16H22FNOS/c17-14-7-3-6-13-15(8-11-20-16(13)14)18-9-10-19-12-4-1-2-5-12/h3,6-7,12,15,18H,1-2,4-5,8-11H2. The monoisotopic (exact) mass is 295 g/mol. The summed E-state index contributed by atoms with van der Waals surface area (Å²) in [4.78, 5) is 0.827. The van der Waals surface area contributed by atoms with E-state index in [1.165, 1.54) is 25.7 Å². The van der Waals surface area contributed by atoms with Crippen LogP contribution in [0.2, 0.25) is 0 Å². The van der Waals surface area contributed by atoms with Crippen molar-refractivity contribution in [2.75, 3.05) is 18.9 Å². The maximum absolute atomic E-state index is 13.8. The maximum Gasteiger partial charge on any atom is 0.137 e. The molecule has 1 aliphatic heterocycles. The highest BCUT2D eigenvalue weighted by Gasteiger charge is 2.22. The summed E-state index contributed by atoms with van der Waals surface area (Å²) in [6.45, 7) is 1.61. The van der Waals surface area contributed by atoms with E-state index < -0.39 is 0 Å². The van der Waals surface area contributed by atoms with Gasteiger partial charge in [0.25, 0.3) is 0 Å². The lowest BCUT2D eigenvalue weighted by Crippen LogP contribution is -2.29. The molecular formula is C16H22FNOS. The summed E-state index contributed by atoms with van der Waals surface area (Å²) in [6.07, 6.45) is 6.59. The minimum atomic E-state index is -0.0822. The molecule has 0 spiro atoms. The van der Waals surface area contributed by atoms with E-state index in [0.29, 0.717) is 6.10 Å². The van der Waals surface area contributed by atoms with Gasteiger partial charge >= 0.3 is 0 Å². The normalized spacial score (nSPS) is 22.9. The van der Waals surface area contributed by atoms with Crippen molar-refractivity contribution >= 4 is 11.8 Å². The average molecular weight is 295 g/mol. The molecule has 0 aromatic heterocycles. The van der Waals surface area contributed by atoms with Gasteiger partial charge < -0.3 is 10.1 Å². The van der Waals surface area contributed by atoms with Gasteiger partial charge in [0.05, 0.1) is 12.7 Å². The number of ether oxygens (including phenoxy) is 1. The summed E-state index contributed by atoms with van der Waals surface area (Å²) in [5.74, 6) is 0.899. The second kappa shape index (κ2) is 6.92. The Hall–Kier alpha value is -0.580. The molecule has 0 radical (unpaired) electrons. The van der Waals surface area contributed by atoms with Crippen LogP contribution >= 0.6 is 11.8 Å². The van der Waals surface area contributed by atoms with Crippen LogP contribution in [-0.4, -0.2) is 25.0 Å². The highest BCUT2D eigenvalue weighted by atomic mass is 32.2. The summed E-state index contributed by atoms with van der Waals surface area (Å²) in [5, 5.41) is 3.52. The van der Waals surface area contributed by atoms with Crippen molar-refractivity contribution in [3.63, 3.8) is 0 Å². The molecule has 1 atom stereocenters. The van der Waals surface area contributed by atoms with Crippen LogP contribution in [0.25, 0.3) is 0 Å². The third kappa shape index (κ3) is 3.35.